The van der Waals surface area contributed by atoms with E-state index in [1.165, 1.54) is 46.8 Å². The SMILES string of the molecule is CCCNC(Cc1ccc(C)c(C)c1)C1CSCCS1. The summed E-state index contributed by atoms with van der Waals surface area (Å²) in [5, 5.41) is 4.55. The Kier molecular flexibility index (Phi) is 6.79. The van der Waals surface area contributed by atoms with Crippen molar-refractivity contribution in [3.8, 4) is 0 Å². The number of aryl methyl sites for hydroxylation is 2. The van der Waals surface area contributed by atoms with Gasteiger partial charge in [0.15, 0.2) is 0 Å². The third-order valence-corrected chi connectivity index (χ3v) is 6.89. The molecular weight excluding hydrogens is 282 g/mol. The molecule has 20 heavy (non-hydrogen) atoms. The molecule has 1 saturated heterocycles. The van der Waals surface area contributed by atoms with Crippen LogP contribution in [0.1, 0.15) is 30.0 Å². The molecule has 0 spiro atoms. The van der Waals surface area contributed by atoms with E-state index in [4.69, 9.17) is 0 Å². The Balaban J connectivity index is 2.03. The summed E-state index contributed by atoms with van der Waals surface area (Å²) in [7, 11) is 0. The topological polar surface area (TPSA) is 12.0 Å². The van der Waals surface area contributed by atoms with E-state index in [0.29, 0.717) is 6.04 Å². The minimum absolute atomic E-state index is 0.620. The molecule has 1 fully saturated rings. The van der Waals surface area contributed by atoms with Crippen molar-refractivity contribution in [3.05, 3.63) is 34.9 Å². The number of thioether (sulfide) groups is 2. The van der Waals surface area contributed by atoms with Gasteiger partial charge in [-0.2, -0.15) is 23.5 Å². The monoisotopic (exact) mass is 309 g/mol. The first-order chi connectivity index (χ1) is 9.70. The van der Waals surface area contributed by atoms with Gasteiger partial charge in [-0.05, 0) is 49.9 Å². The fourth-order valence-corrected chi connectivity index (χ4v) is 5.48. The quantitative estimate of drug-likeness (QED) is 0.851. The summed E-state index contributed by atoms with van der Waals surface area (Å²) in [4.78, 5) is 0. The smallest absolute Gasteiger partial charge is 0.0295 e. The minimum Gasteiger partial charge on any atom is -0.313 e. The molecule has 1 aromatic rings. The predicted octanol–water partition coefficient (Wildman–Crippen LogP) is 4.06. The van der Waals surface area contributed by atoms with Gasteiger partial charge < -0.3 is 5.32 Å². The van der Waals surface area contributed by atoms with E-state index in [0.717, 1.165) is 11.8 Å². The van der Waals surface area contributed by atoms with E-state index >= 15 is 0 Å². The van der Waals surface area contributed by atoms with E-state index in [1.54, 1.807) is 0 Å². The summed E-state index contributed by atoms with van der Waals surface area (Å²) >= 11 is 4.29. The van der Waals surface area contributed by atoms with Crippen molar-refractivity contribution >= 4 is 23.5 Å². The van der Waals surface area contributed by atoms with Gasteiger partial charge in [0.1, 0.15) is 0 Å². The number of benzene rings is 1. The standard InChI is InChI=1S/C17H27NS2/c1-4-7-18-16(17-12-19-8-9-20-17)11-15-6-5-13(2)14(3)10-15/h5-6,10,16-18H,4,7-9,11-12H2,1-3H3. The maximum Gasteiger partial charge on any atom is 0.0295 e. The molecule has 1 heterocycles. The van der Waals surface area contributed by atoms with Gasteiger partial charge in [-0.1, -0.05) is 25.1 Å². The molecule has 1 aliphatic heterocycles. The van der Waals surface area contributed by atoms with E-state index < -0.39 is 0 Å². The van der Waals surface area contributed by atoms with E-state index in [9.17, 15) is 0 Å². The van der Waals surface area contributed by atoms with Gasteiger partial charge in [-0.3, -0.25) is 0 Å². The Labute approximate surface area is 132 Å². The number of rotatable bonds is 6. The Morgan fingerprint density at radius 2 is 2.10 bits per heavy atom. The van der Waals surface area contributed by atoms with E-state index in [1.807, 2.05) is 0 Å². The lowest BCUT2D eigenvalue weighted by Crippen LogP contribution is -2.43. The highest BCUT2D eigenvalue weighted by Gasteiger charge is 2.24. The lowest BCUT2D eigenvalue weighted by molar-refractivity contribution is 0.505. The van der Waals surface area contributed by atoms with Crippen molar-refractivity contribution in [2.24, 2.45) is 0 Å². The lowest BCUT2D eigenvalue weighted by Gasteiger charge is -2.30. The molecule has 1 N–H and O–H groups in total. The third-order valence-electron chi connectivity index (χ3n) is 3.97. The number of hydrogen-bond acceptors (Lipinski definition) is 3. The Hall–Kier alpha value is -0.120. The number of nitrogens with one attached hydrogen (secondary N) is 1. The first-order valence-corrected chi connectivity index (χ1v) is 9.90. The van der Waals surface area contributed by atoms with Crippen LogP contribution in [-0.2, 0) is 6.42 Å². The first kappa shape index (κ1) is 16.3. The van der Waals surface area contributed by atoms with Crippen LogP contribution in [0, 0.1) is 13.8 Å². The summed E-state index contributed by atoms with van der Waals surface area (Å²) < 4.78 is 0. The average molecular weight is 310 g/mol. The first-order valence-electron chi connectivity index (χ1n) is 7.69. The molecule has 0 bridgehead atoms. The van der Waals surface area contributed by atoms with Crippen LogP contribution in [0.2, 0.25) is 0 Å². The largest absolute Gasteiger partial charge is 0.313 e. The molecule has 0 radical (unpaired) electrons. The summed E-state index contributed by atoms with van der Waals surface area (Å²) in [6.45, 7) is 7.80. The van der Waals surface area contributed by atoms with Crippen molar-refractivity contribution < 1.29 is 0 Å². The van der Waals surface area contributed by atoms with E-state index in [2.05, 4.69) is 67.8 Å². The zero-order valence-electron chi connectivity index (χ0n) is 12.9. The molecule has 1 nitrogen and oxygen atoms in total. The lowest BCUT2D eigenvalue weighted by atomic mass is 9.99. The van der Waals surface area contributed by atoms with E-state index in [-0.39, 0.29) is 0 Å². The highest BCUT2D eigenvalue weighted by atomic mass is 32.2. The van der Waals surface area contributed by atoms with Gasteiger partial charge in [0.05, 0.1) is 0 Å². The second-order valence-corrected chi connectivity index (χ2v) is 8.16. The highest BCUT2D eigenvalue weighted by molar-refractivity contribution is 8.06. The Morgan fingerprint density at radius 3 is 2.75 bits per heavy atom. The number of hydrogen-bond donors (Lipinski definition) is 1. The van der Waals surface area contributed by atoms with Crippen molar-refractivity contribution in [3.63, 3.8) is 0 Å². The summed E-state index contributed by atoms with van der Waals surface area (Å²) in [5.74, 6) is 3.94. The van der Waals surface area contributed by atoms with Crippen LogP contribution in [0.4, 0.5) is 0 Å². The van der Waals surface area contributed by atoms with Gasteiger partial charge in [-0.25, -0.2) is 0 Å². The van der Waals surface area contributed by atoms with Crippen LogP contribution >= 0.6 is 23.5 Å². The van der Waals surface area contributed by atoms with Crippen LogP contribution in [0.5, 0.6) is 0 Å². The Morgan fingerprint density at radius 1 is 1.25 bits per heavy atom. The highest BCUT2D eigenvalue weighted by Crippen LogP contribution is 2.28. The molecule has 0 amide bonds. The zero-order valence-corrected chi connectivity index (χ0v) is 14.6. The van der Waals surface area contributed by atoms with Crippen molar-refractivity contribution in [2.45, 2.75) is 44.9 Å². The van der Waals surface area contributed by atoms with Crippen LogP contribution in [0.15, 0.2) is 18.2 Å². The fourth-order valence-electron chi connectivity index (χ4n) is 2.59. The molecule has 0 saturated carbocycles. The van der Waals surface area contributed by atoms with Crippen LogP contribution in [-0.4, -0.2) is 35.1 Å². The van der Waals surface area contributed by atoms with Gasteiger partial charge in [0.2, 0.25) is 0 Å². The summed E-state index contributed by atoms with van der Waals surface area (Å²) in [5.41, 5.74) is 4.30. The average Bonchev–Trinajstić information content (AvgIpc) is 2.48. The predicted molar refractivity (Wildman–Crippen MR) is 95.3 cm³/mol. The van der Waals surface area contributed by atoms with Gasteiger partial charge >= 0.3 is 0 Å². The molecular formula is C17H27NS2. The second kappa shape index (κ2) is 8.35. The molecule has 2 unspecified atom stereocenters. The second-order valence-electron chi connectivity index (χ2n) is 5.67. The normalized spacial score (nSPS) is 20.9. The van der Waals surface area contributed by atoms with Crippen LogP contribution in [0.25, 0.3) is 0 Å². The molecule has 1 aliphatic rings. The molecule has 2 rings (SSSR count). The van der Waals surface area contributed by atoms with Crippen LogP contribution < -0.4 is 5.32 Å². The summed E-state index contributed by atoms with van der Waals surface area (Å²) in [6.07, 6.45) is 2.38. The fraction of sp³-hybridized carbons (Fsp3) is 0.647. The third kappa shape index (κ3) is 4.71. The molecule has 1 aromatic carbocycles. The van der Waals surface area contributed by atoms with Crippen molar-refractivity contribution in [1.29, 1.82) is 0 Å². The van der Waals surface area contributed by atoms with Gasteiger partial charge in [0.25, 0.3) is 0 Å². The molecule has 0 aromatic heterocycles. The zero-order chi connectivity index (χ0) is 14.4. The van der Waals surface area contributed by atoms with Crippen molar-refractivity contribution in [1.82, 2.24) is 5.32 Å². The molecule has 3 heteroatoms. The van der Waals surface area contributed by atoms with Gasteiger partial charge in [0, 0.05) is 28.6 Å². The maximum absolute atomic E-state index is 3.79. The molecule has 0 aliphatic carbocycles. The van der Waals surface area contributed by atoms with Crippen molar-refractivity contribution in [2.75, 3.05) is 23.8 Å². The maximum atomic E-state index is 3.79. The van der Waals surface area contributed by atoms with Crippen LogP contribution in [0.3, 0.4) is 0 Å². The molecule has 2 atom stereocenters. The minimum atomic E-state index is 0.620. The Bertz CT molecular complexity index is 413. The van der Waals surface area contributed by atoms with Gasteiger partial charge in [-0.15, -0.1) is 0 Å². The molecule has 112 valence electrons. The summed E-state index contributed by atoms with van der Waals surface area (Å²) in [6, 6.07) is 7.57.